The summed E-state index contributed by atoms with van der Waals surface area (Å²) < 4.78 is 0. The molecule has 0 aromatic rings. The van der Waals surface area contributed by atoms with Crippen LogP contribution in [0.3, 0.4) is 0 Å². The lowest BCUT2D eigenvalue weighted by Crippen LogP contribution is -2.69. The molecule has 2 aliphatic heterocycles. The zero-order valence-corrected chi connectivity index (χ0v) is 20.4. The van der Waals surface area contributed by atoms with Crippen LogP contribution in [0.5, 0.6) is 0 Å². The molecule has 0 amide bonds. The maximum absolute atomic E-state index is 10.4. The van der Waals surface area contributed by atoms with Crippen molar-refractivity contribution >= 4 is 0 Å². The average Bonchev–Trinajstić information content (AvgIpc) is 3.09. The van der Waals surface area contributed by atoms with Crippen molar-refractivity contribution in [2.75, 3.05) is 0 Å². The molecule has 6 aliphatic rings. The van der Waals surface area contributed by atoms with Gasteiger partial charge in [0.2, 0.25) is 0 Å². The highest BCUT2D eigenvalue weighted by Gasteiger charge is 2.71. The molecule has 0 radical (unpaired) electrons. The molecule has 4 aliphatic carbocycles. The molecule has 0 unspecified atom stereocenters. The van der Waals surface area contributed by atoms with Gasteiger partial charge in [0.15, 0.2) is 0 Å². The zero-order chi connectivity index (χ0) is 22.2. The normalized spacial score (nSPS) is 50.2. The maximum atomic E-state index is 10.4. The first-order chi connectivity index (χ1) is 14.6. The van der Waals surface area contributed by atoms with Crippen molar-refractivity contribution < 1.29 is 14.9 Å². The lowest BCUT2D eigenvalue weighted by molar-refractivity contribution is -0.455. The molecule has 172 valence electrons. The summed E-state index contributed by atoms with van der Waals surface area (Å²) in [7, 11) is 0. The highest BCUT2D eigenvalue weighted by atomic mass is 17.2. The molecule has 9 atom stereocenters. The average molecular weight is 427 g/mol. The van der Waals surface area contributed by atoms with Crippen molar-refractivity contribution in [3.8, 4) is 0 Å². The highest BCUT2D eigenvalue weighted by molar-refractivity contribution is 5.48. The van der Waals surface area contributed by atoms with Crippen LogP contribution in [0.4, 0.5) is 0 Å². The number of fused-ring (bicyclic) bond motifs is 2. The highest BCUT2D eigenvalue weighted by Crippen LogP contribution is 2.71. The van der Waals surface area contributed by atoms with E-state index < -0.39 is 11.2 Å². The molecular weight excluding hydrogens is 384 g/mol. The Kier molecular flexibility index (Phi) is 4.98. The summed E-state index contributed by atoms with van der Waals surface area (Å²) in [5, 5.41) is 10.4. The van der Waals surface area contributed by atoms with Crippen LogP contribution in [0.25, 0.3) is 0 Å². The Morgan fingerprint density at radius 2 is 1.81 bits per heavy atom. The van der Waals surface area contributed by atoms with E-state index >= 15 is 0 Å². The molecule has 3 fully saturated rings. The fourth-order valence-corrected chi connectivity index (χ4v) is 8.01. The largest absolute Gasteiger partial charge is 0.393 e. The molecule has 1 N–H and O–H groups in total. The van der Waals surface area contributed by atoms with Crippen molar-refractivity contribution in [1.29, 1.82) is 0 Å². The van der Waals surface area contributed by atoms with E-state index in [1.807, 2.05) is 0 Å². The monoisotopic (exact) mass is 426 g/mol. The third kappa shape index (κ3) is 2.82. The van der Waals surface area contributed by atoms with E-state index in [1.165, 1.54) is 18.4 Å². The van der Waals surface area contributed by atoms with Crippen LogP contribution in [-0.2, 0) is 9.78 Å². The first-order valence-electron chi connectivity index (χ1n) is 12.7. The fraction of sp³-hybridized carbons (Fsp3) is 0.786. The molecule has 3 heteroatoms. The lowest BCUT2D eigenvalue weighted by atomic mass is 9.47. The van der Waals surface area contributed by atoms with Crippen LogP contribution in [0, 0.1) is 40.4 Å². The van der Waals surface area contributed by atoms with Crippen LogP contribution in [0.15, 0.2) is 36.0 Å². The molecule has 31 heavy (non-hydrogen) atoms. The Hall–Kier alpha value is -0.900. The Bertz CT molecular complexity index is 826. The van der Waals surface area contributed by atoms with E-state index in [1.54, 1.807) is 0 Å². The number of hydrogen-bond acceptors (Lipinski definition) is 3. The van der Waals surface area contributed by atoms with E-state index in [2.05, 4.69) is 71.9 Å². The van der Waals surface area contributed by atoms with E-state index in [-0.39, 0.29) is 16.9 Å². The minimum Gasteiger partial charge on any atom is -0.393 e. The van der Waals surface area contributed by atoms with Crippen molar-refractivity contribution in [3.63, 3.8) is 0 Å². The summed E-state index contributed by atoms with van der Waals surface area (Å²) >= 11 is 0. The first-order valence-corrected chi connectivity index (χ1v) is 12.7. The summed E-state index contributed by atoms with van der Waals surface area (Å²) in [6.07, 6.45) is 17.8. The van der Waals surface area contributed by atoms with Gasteiger partial charge in [-0.1, -0.05) is 59.8 Å². The van der Waals surface area contributed by atoms with Gasteiger partial charge in [0.05, 0.1) is 6.10 Å². The molecule has 6 rings (SSSR count). The van der Waals surface area contributed by atoms with Gasteiger partial charge in [0.25, 0.3) is 0 Å². The summed E-state index contributed by atoms with van der Waals surface area (Å²) in [6, 6.07) is 0. The predicted molar refractivity (Wildman–Crippen MR) is 124 cm³/mol. The molecule has 1 saturated heterocycles. The van der Waals surface area contributed by atoms with Crippen LogP contribution >= 0.6 is 0 Å². The van der Waals surface area contributed by atoms with E-state index in [0.717, 1.165) is 19.3 Å². The van der Waals surface area contributed by atoms with Crippen LogP contribution in [0.2, 0.25) is 0 Å². The van der Waals surface area contributed by atoms with Gasteiger partial charge < -0.3 is 5.11 Å². The second kappa shape index (κ2) is 7.05. The van der Waals surface area contributed by atoms with Crippen molar-refractivity contribution in [2.45, 2.75) is 97.4 Å². The van der Waals surface area contributed by atoms with Crippen molar-refractivity contribution in [1.82, 2.24) is 0 Å². The summed E-state index contributed by atoms with van der Waals surface area (Å²) in [6.45, 7) is 14.2. The van der Waals surface area contributed by atoms with Gasteiger partial charge >= 0.3 is 0 Å². The van der Waals surface area contributed by atoms with Gasteiger partial charge in [-0.15, -0.1) is 0 Å². The van der Waals surface area contributed by atoms with Gasteiger partial charge in [-0.25, -0.2) is 9.78 Å². The number of rotatable bonds is 4. The quantitative estimate of drug-likeness (QED) is 0.418. The van der Waals surface area contributed by atoms with Gasteiger partial charge in [0, 0.05) is 17.8 Å². The van der Waals surface area contributed by atoms with E-state index in [0.29, 0.717) is 36.0 Å². The number of aliphatic hydroxyl groups excluding tert-OH is 1. The van der Waals surface area contributed by atoms with Gasteiger partial charge in [-0.05, 0) is 78.9 Å². The standard InChI is InChI=1S/C28H42O3/c1-18(2)19(3)7-8-20(4)22-9-10-23-25(22,5)13-12-24-26(6)14-11-21(29)17-27(26)15-16-28(23,24)31-30-27/h7-8,12,15-16,18-23,29H,9-11,13-14,17H2,1-6H3/t19-,20+,21-,22+,23+,25+,26+,27-,28+/m0/s1. The minimum atomic E-state index is -0.507. The smallest absolute Gasteiger partial charge is 0.147 e. The zero-order valence-electron chi connectivity index (χ0n) is 20.4. The maximum Gasteiger partial charge on any atom is 0.147 e. The Morgan fingerprint density at radius 1 is 1.03 bits per heavy atom. The first kappa shape index (κ1) is 21.9. The second-order valence-electron chi connectivity index (χ2n) is 12.3. The van der Waals surface area contributed by atoms with Gasteiger partial charge in [0.1, 0.15) is 11.2 Å². The van der Waals surface area contributed by atoms with Gasteiger partial charge in [-0.2, -0.15) is 0 Å². The third-order valence-corrected chi connectivity index (χ3v) is 10.5. The van der Waals surface area contributed by atoms with E-state index in [4.69, 9.17) is 9.78 Å². The molecule has 0 aromatic carbocycles. The molecule has 2 heterocycles. The fourth-order valence-electron chi connectivity index (χ4n) is 8.01. The van der Waals surface area contributed by atoms with E-state index in [9.17, 15) is 5.11 Å². The Labute approximate surface area is 188 Å². The second-order valence-corrected chi connectivity index (χ2v) is 12.3. The van der Waals surface area contributed by atoms with Gasteiger partial charge in [-0.3, -0.25) is 0 Å². The molecule has 0 aromatic heterocycles. The SMILES string of the molecule is CC(C)[C@@H](C)C=C[C@@H](C)[C@H]1CC[C@@H]2[C@]1(C)CC=C1[C@@]23C=C[C@@]2(C[C@@H](O)CC[C@]12C)OO3. The number of hydrogen-bond donors (Lipinski definition) is 1. The molecule has 2 bridgehead atoms. The van der Waals surface area contributed by atoms with Crippen molar-refractivity contribution in [2.24, 2.45) is 40.4 Å². The van der Waals surface area contributed by atoms with Crippen LogP contribution < -0.4 is 0 Å². The van der Waals surface area contributed by atoms with Crippen LogP contribution in [0.1, 0.15) is 80.1 Å². The summed E-state index contributed by atoms with van der Waals surface area (Å²) in [4.78, 5) is 12.6. The Balaban J connectivity index is 1.48. The Morgan fingerprint density at radius 3 is 2.48 bits per heavy atom. The number of allylic oxidation sites excluding steroid dienone is 3. The number of aliphatic hydroxyl groups is 1. The predicted octanol–water partition coefficient (Wildman–Crippen LogP) is 6.39. The lowest BCUT2D eigenvalue weighted by Gasteiger charge is -2.66. The minimum absolute atomic E-state index is 0.0726. The molecular formula is C28H42O3. The van der Waals surface area contributed by atoms with Crippen LogP contribution in [-0.4, -0.2) is 22.4 Å². The molecule has 2 saturated carbocycles. The van der Waals surface area contributed by atoms with Crippen molar-refractivity contribution in [3.05, 3.63) is 36.0 Å². The summed E-state index contributed by atoms with van der Waals surface area (Å²) in [5.41, 5.74) is 0.656. The molecule has 3 nitrogen and oxygen atoms in total. The molecule has 2 spiro atoms. The topological polar surface area (TPSA) is 38.7 Å². The summed E-state index contributed by atoms with van der Waals surface area (Å²) in [5.74, 6) is 2.98. The third-order valence-electron chi connectivity index (χ3n) is 10.5.